The van der Waals surface area contributed by atoms with Crippen molar-refractivity contribution in [3.05, 3.63) is 0 Å². The maximum absolute atomic E-state index is 11.8. The number of hydrogen-bond acceptors (Lipinski definition) is 2. The molecule has 0 spiro atoms. The Labute approximate surface area is 105 Å². The predicted molar refractivity (Wildman–Crippen MR) is 71.8 cm³/mol. The molecule has 1 aliphatic rings. The van der Waals surface area contributed by atoms with E-state index in [1.807, 2.05) is 13.8 Å². The Bertz CT molecular complexity index is 222. The van der Waals surface area contributed by atoms with E-state index in [1.165, 1.54) is 19.3 Å². The zero-order chi connectivity index (χ0) is 12.1. The molecule has 1 rings (SSSR count). The molecule has 1 aliphatic carbocycles. The van der Waals surface area contributed by atoms with E-state index in [0.29, 0.717) is 12.0 Å². The summed E-state index contributed by atoms with van der Waals surface area (Å²) in [5.41, 5.74) is 0. The smallest absolute Gasteiger partial charge is 0.233 e. The summed E-state index contributed by atoms with van der Waals surface area (Å²) < 4.78 is 0. The van der Waals surface area contributed by atoms with Crippen molar-refractivity contribution in [2.45, 2.75) is 64.2 Å². The summed E-state index contributed by atoms with van der Waals surface area (Å²) >= 11 is 4.34. The maximum atomic E-state index is 11.8. The van der Waals surface area contributed by atoms with Crippen LogP contribution in [0.25, 0.3) is 0 Å². The van der Waals surface area contributed by atoms with E-state index in [9.17, 15) is 4.79 Å². The van der Waals surface area contributed by atoms with Crippen LogP contribution in [0, 0.1) is 11.8 Å². The van der Waals surface area contributed by atoms with Crippen LogP contribution >= 0.6 is 12.6 Å². The van der Waals surface area contributed by atoms with Crippen LogP contribution in [0.4, 0.5) is 0 Å². The summed E-state index contributed by atoms with van der Waals surface area (Å²) in [6, 6.07) is 0.392. The van der Waals surface area contributed by atoms with E-state index in [4.69, 9.17) is 0 Å². The number of rotatable bonds is 4. The third-order valence-corrected chi connectivity index (χ3v) is 4.50. The first-order valence-electron chi connectivity index (χ1n) is 6.53. The Morgan fingerprint density at radius 2 is 1.88 bits per heavy atom. The van der Waals surface area contributed by atoms with E-state index < -0.39 is 0 Å². The zero-order valence-corrected chi connectivity index (χ0v) is 11.6. The number of amides is 1. The standard InChI is InChI=1S/C13H25NOS/c1-4-10-5-7-11(8-6-10)14-13(15)12(16)9(2)3/h9-12,16H,4-8H2,1-3H3,(H,14,15). The minimum atomic E-state index is -0.163. The molecule has 0 aromatic carbocycles. The van der Waals surface area contributed by atoms with E-state index in [1.54, 1.807) is 0 Å². The highest BCUT2D eigenvalue weighted by atomic mass is 32.1. The number of thiol groups is 1. The van der Waals surface area contributed by atoms with Gasteiger partial charge in [-0.1, -0.05) is 27.2 Å². The van der Waals surface area contributed by atoms with Crippen LogP contribution in [0.3, 0.4) is 0 Å². The molecule has 0 heterocycles. The van der Waals surface area contributed by atoms with Crippen molar-refractivity contribution in [1.29, 1.82) is 0 Å². The van der Waals surface area contributed by atoms with Gasteiger partial charge in [0.25, 0.3) is 0 Å². The summed E-state index contributed by atoms with van der Waals surface area (Å²) in [6.45, 7) is 6.32. The molecule has 0 aromatic rings. The van der Waals surface area contributed by atoms with Crippen molar-refractivity contribution in [2.24, 2.45) is 11.8 Å². The number of nitrogens with one attached hydrogen (secondary N) is 1. The average molecular weight is 243 g/mol. The Hall–Kier alpha value is -0.180. The van der Waals surface area contributed by atoms with Gasteiger partial charge in [-0.05, 0) is 37.5 Å². The Morgan fingerprint density at radius 1 is 1.31 bits per heavy atom. The van der Waals surface area contributed by atoms with Crippen molar-refractivity contribution < 1.29 is 4.79 Å². The normalized spacial score (nSPS) is 27.8. The molecule has 1 fully saturated rings. The Balaban J connectivity index is 2.31. The largest absolute Gasteiger partial charge is 0.352 e. The second-order valence-corrected chi connectivity index (χ2v) is 5.88. The fourth-order valence-corrected chi connectivity index (χ4v) is 2.38. The van der Waals surface area contributed by atoms with Crippen molar-refractivity contribution >= 4 is 18.5 Å². The number of carbonyl (C=O) groups excluding carboxylic acids is 1. The Kier molecular flexibility index (Phi) is 5.67. The minimum absolute atomic E-state index is 0.110. The molecule has 0 bridgehead atoms. The third-order valence-electron chi connectivity index (χ3n) is 3.67. The monoisotopic (exact) mass is 243 g/mol. The molecular formula is C13H25NOS. The molecule has 2 nitrogen and oxygen atoms in total. The number of carbonyl (C=O) groups is 1. The molecule has 0 saturated heterocycles. The lowest BCUT2D eigenvalue weighted by Gasteiger charge is -2.29. The molecule has 3 heteroatoms. The van der Waals surface area contributed by atoms with Crippen LogP contribution in [0.2, 0.25) is 0 Å². The van der Waals surface area contributed by atoms with Gasteiger partial charge in [-0.15, -0.1) is 0 Å². The summed E-state index contributed by atoms with van der Waals surface area (Å²) in [5.74, 6) is 1.29. The van der Waals surface area contributed by atoms with Crippen molar-refractivity contribution in [2.75, 3.05) is 0 Å². The summed E-state index contributed by atoms with van der Waals surface area (Å²) in [5, 5.41) is 2.97. The van der Waals surface area contributed by atoms with Gasteiger partial charge in [0.1, 0.15) is 0 Å². The first-order chi connectivity index (χ1) is 7.54. The fourth-order valence-electron chi connectivity index (χ4n) is 2.30. The molecular weight excluding hydrogens is 218 g/mol. The lowest BCUT2D eigenvalue weighted by molar-refractivity contribution is -0.122. The van der Waals surface area contributed by atoms with Crippen LogP contribution in [0.5, 0.6) is 0 Å². The molecule has 0 aromatic heterocycles. The van der Waals surface area contributed by atoms with Gasteiger partial charge >= 0.3 is 0 Å². The highest BCUT2D eigenvalue weighted by molar-refractivity contribution is 7.81. The van der Waals surface area contributed by atoms with Crippen LogP contribution in [-0.4, -0.2) is 17.2 Å². The summed E-state index contributed by atoms with van der Waals surface area (Å²) in [4.78, 5) is 11.8. The van der Waals surface area contributed by atoms with Crippen LogP contribution in [-0.2, 0) is 4.79 Å². The molecule has 1 atom stereocenters. The molecule has 94 valence electrons. The van der Waals surface area contributed by atoms with Crippen molar-refractivity contribution in [1.82, 2.24) is 5.32 Å². The lowest BCUT2D eigenvalue weighted by atomic mass is 9.84. The van der Waals surface area contributed by atoms with Crippen LogP contribution in [0.1, 0.15) is 52.9 Å². The molecule has 1 N–H and O–H groups in total. The van der Waals surface area contributed by atoms with E-state index in [2.05, 4.69) is 24.9 Å². The highest BCUT2D eigenvalue weighted by Crippen LogP contribution is 2.26. The third kappa shape index (κ3) is 4.00. The molecule has 0 radical (unpaired) electrons. The second-order valence-electron chi connectivity index (χ2n) is 5.32. The zero-order valence-electron chi connectivity index (χ0n) is 10.7. The van der Waals surface area contributed by atoms with Gasteiger partial charge < -0.3 is 5.32 Å². The molecule has 1 saturated carbocycles. The quantitative estimate of drug-likeness (QED) is 0.730. The summed E-state index contributed by atoms with van der Waals surface area (Å²) in [7, 11) is 0. The van der Waals surface area contributed by atoms with Gasteiger partial charge in [0, 0.05) is 6.04 Å². The molecule has 16 heavy (non-hydrogen) atoms. The maximum Gasteiger partial charge on any atom is 0.233 e. The summed E-state index contributed by atoms with van der Waals surface area (Å²) in [6.07, 6.45) is 6.09. The van der Waals surface area contributed by atoms with Crippen LogP contribution < -0.4 is 5.32 Å². The van der Waals surface area contributed by atoms with Gasteiger partial charge in [-0.25, -0.2) is 0 Å². The van der Waals surface area contributed by atoms with Gasteiger partial charge in [0.2, 0.25) is 5.91 Å². The topological polar surface area (TPSA) is 29.1 Å². The van der Waals surface area contributed by atoms with Gasteiger partial charge in [-0.3, -0.25) is 4.79 Å². The molecule has 1 amide bonds. The fraction of sp³-hybridized carbons (Fsp3) is 0.923. The minimum Gasteiger partial charge on any atom is -0.352 e. The van der Waals surface area contributed by atoms with Gasteiger partial charge in [0.15, 0.2) is 0 Å². The van der Waals surface area contributed by atoms with Gasteiger partial charge in [-0.2, -0.15) is 12.6 Å². The Morgan fingerprint density at radius 3 is 2.31 bits per heavy atom. The first-order valence-corrected chi connectivity index (χ1v) is 7.04. The van der Waals surface area contributed by atoms with Crippen molar-refractivity contribution in [3.63, 3.8) is 0 Å². The molecule has 1 unspecified atom stereocenters. The van der Waals surface area contributed by atoms with E-state index in [-0.39, 0.29) is 11.2 Å². The van der Waals surface area contributed by atoms with E-state index >= 15 is 0 Å². The second kappa shape index (κ2) is 6.53. The average Bonchev–Trinajstić information content (AvgIpc) is 2.28. The lowest BCUT2D eigenvalue weighted by Crippen LogP contribution is -2.42. The first kappa shape index (κ1) is 13.9. The number of hydrogen-bond donors (Lipinski definition) is 2. The highest BCUT2D eigenvalue weighted by Gasteiger charge is 2.24. The van der Waals surface area contributed by atoms with Gasteiger partial charge in [0.05, 0.1) is 5.25 Å². The SMILES string of the molecule is CCC1CCC(NC(=O)C(S)C(C)C)CC1. The van der Waals surface area contributed by atoms with Crippen molar-refractivity contribution in [3.8, 4) is 0 Å². The van der Waals surface area contributed by atoms with E-state index in [0.717, 1.165) is 18.8 Å². The van der Waals surface area contributed by atoms with Crippen LogP contribution in [0.15, 0.2) is 0 Å². The molecule has 0 aliphatic heterocycles. The predicted octanol–water partition coefficient (Wildman–Crippen LogP) is 3.03.